The lowest BCUT2D eigenvalue weighted by molar-refractivity contribution is 0.101. The van der Waals surface area contributed by atoms with Crippen LogP contribution in [-0.2, 0) is 0 Å². The summed E-state index contributed by atoms with van der Waals surface area (Å²) in [6.45, 7) is 1.57. The number of hydrogen-bond acceptors (Lipinski definition) is 3. The molecule has 0 bridgehead atoms. The van der Waals surface area contributed by atoms with Crippen LogP contribution in [0.3, 0.4) is 0 Å². The van der Waals surface area contributed by atoms with E-state index in [1.165, 1.54) is 11.3 Å². The Morgan fingerprint density at radius 2 is 1.68 bits per heavy atom. The largest absolute Gasteiger partial charge is 0.455 e. The van der Waals surface area contributed by atoms with E-state index in [1.807, 2.05) is 54.6 Å². The molecule has 0 aliphatic carbocycles. The van der Waals surface area contributed by atoms with Crippen LogP contribution in [0.15, 0.2) is 54.6 Å². The Morgan fingerprint density at radius 1 is 1.00 bits per heavy atom. The van der Waals surface area contributed by atoms with E-state index in [9.17, 15) is 4.79 Å². The zero-order valence-corrected chi connectivity index (χ0v) is 11.2. The number of para-hydroxylation sites is 1. The molecule has 1 heterocycles. The molecule has 94 valence electrons. The topological polar surface area (TPSA) is 26.3 Å². The first kappa shape index (κ1) is 11.9. The highest BCUT2D eigenvalue weighted by Crippen LogP contribution is 2.40. The molecule has 0 atom stereocenters. The molecule has 0 aliphatic rings. The van der Waals surface area contributed by atoms with Gasteiger partial charge in [0, 0.05) is 17.0 Å². The van der Waals surface area contributed by atoms with Crippen LogP contribution >= 0.6 is 11.3 Å². The first-order chi connectivity index (χ1) is 9.25. The maximum absolute atomic E-state index is 11.8. The Hall–Kier alpha value is -2.13. The summed E-state index contributed by atoms with van der Waals surface area (Å²) >= 11 is 1.48. The number of rotatable bonds is 3. The lowest BCUT2D eigenvalue weighted by atomic mass is 10.2. The van der Waals surface area contributed by atoms with Gasteiger partial charge in [0.05, 0.1) is 0 Å². The molecule has 0 unspecified atom stereocenters. The zero-order chi connectivity index (χ0) is 13.2. The second kappa shape index (κ2) is 4.86. The summed E-state index contributed by atoms with van der Waals surface area (Å²) in [5.74, 6) is 1.44. The Bertz CT molecular complexity index is 729. The third-order valence-corrected chi connectivity index (χ3v) is 4.09. The highest BCUT2D eigenvalue weighted by molar-refractivity contribution is 7.21. The average Bonchev–Trinajstić information content (AvgIpc) is 2.79. The molecule has 19 heavy (non-hydrogen) atoms. The van der Waals surface area contributed by atoms with Crippen molar-refractivity contribution in [2.45, 2.75) is 6.92 Å². The number of benzene rings is 2. The van der Waals surface area contributed by atoms with E-state index in [1.54, 1.807) is 6.92 Å². The van der Waals surface area contributed by atoms with Gasteiger partial charge in [-0.1, -0.05) is 30.3 Å². The molecule has 3 aromatic rings. The van der Waals surface area contributed by atoms with E-state index in [2.05, 4.69) is 0 Å². The van der Waals surface area contributed by atoms with Crippen LogP contribution in [0.25, 0.3) is 10.1 Å². The van der Waals surface area contributed by atoms with Gasteiger partial charge in [-0.25, -0.2) is 0 Å². The van der Waals surface area contributed by atoms with Crippen LogP contribution in [0.1, 0.15) is 16.6 Å². The minimum atomic E-state index is 0.0344. The first-order valence-corrected chi connectivity index (χ1v) is 6.83. The first-order valence-electron chi connectivity index (χ1n) is 6.01. The molecule has 0 N–H and O–H groups in total. The molecule has 0 radical (unpaired) electrons. The van der Waals surface area contributed by atoms with E-state index < -0.39 is 0 Å². The van der Waals surface area contributed by atoms with Gasteiger partial charge in [-0.2, -0.15) is 0 Å². The van der Waals surface area contributed by atoms with Gasteiger partial charge in [-0.05, 0) is 24.3 Å². The Balaban J connectivity index is 2.15. The maximum atomic E-state index is 11.8. The molecule has 2 aromatic carbocycles. The smallest absolute Gasteiger partial charge is 0.173 e. The zero-order valence-electron chi connectivity index (χ0n) is 10.4. The van der Waals surface area contributed by atoms with Crippen LogP contribution in [0, 0.1) is 0 Å². The second-order valence-corrected chi connectivity index (χ2v) is 5.28. The summed E-state index contributed by atoms with van der Waals surface area (Å²) in [5, 5.41) is 0.988. The van der Waals surface area contributed by atoms with Gasteiger partial charge < -0.3 is 4.74 Å². The number of ether oxygens (including phenoxy) is 1. The van der Waals surface area contributed by atoms with E-state index in [4.69, 9.17) is 4.74 Å². The predicted octanol–water partition coefficient (Wildman–Crippen LogP) is 4.90. The third-order valence-electron chi connectivity index (χ3n) is 2.83. The second-order valence-electron chi connectivity index (χ2n) is 4.23. The molecule has 0 amide bonds. The van der Waals surface area contributed by atoms with E-state index >= 15 is 0 Å². The fraction of sp³-hybridized carbons (Fsp3) is 0.0625. The molecular formula is C16H12O2S. The Labute approximate surface area is 115 Å². The minimum Gasteiger partial charge on any atom is -0.455 e. The number of Topliss-reactive ketones (excluding diaryl/α,β-unsaturated/α-hetero) is 1. The number of fused-ring (bicyclic) bond motifs is 1. The van der Waals surface area contributed by atoms with Gasteiger partial charge in [0.15, 0.2) is 11.5 Å². The number of carbonyl (C=O) groups is 1. The highest BCUT2D eigenvalue weighted by Gasteiger charge is 2.17. The molecule has 1 aromatic heterocycles. The van der Waals surface area contributed by atoms with Crippen molar-refractivity contribution in [2.24, 2.45) is 0 Å². The number of carbonyl (C=O) groups excluding carboxylic acids is 1. The van der Waals surface area contributed by atoms with Crippen LogP contribution in [0.4, 0.5) is 0 Å². The summed E-state index contributed by atoms with van der Waals surface area (Å²) < 4.78 is 6.98. The molecule has 3 rings (SSSR count). The summed E-state index contributed by atoms with van der Waals surface area (Å²) in [6.07, 6.45) is 0. The van der Waals surface area contributed by atoms with Crippen molar-refractivity contribution in [3.63, 3.8) is 0 Å². The summed E-state index contributed by atoms with van der Waals surface area (Å²) in [6, 6.07) is 17.4. The molecular weight excluding hydrogens is 256 g/mol. The summed E-state index contributed by atoms with van der Waals surface area (Å²) in [4.78, 5) is 12.4. The van der Waals surface area contributed by atoms with Gasteiger partial charge in [0.2, 0.25) is 0 Å². The van der Waals surface area contributed by atoms with Crippen LogP contribution in [-0.4, -0.2) is 5.78 Å². The van der Waals surface area contributed by atoms with Crippen molar-refractivity contribution in [3.05, 3.63) is 59.5 Å². The molecule has 0 saturated heterocycles. The predicted molar refractivity (Wildman–Crippen MR) is 78.3 cm³/mol. The van der Waals surface area contributed by atoms with Gasteiger partial charge in [0.1, 0.15) is 10.6 Å². The number of thiophene rings is 1. The minimum absolute atomic E-state index is 0.0344. The van der Waals surface area contributed by atoms with Crippen molar-refractivity contribution in [1.29, 1.82) is 0 Å². The average molecular weight is 268 g/mol. The van der Waals surface area contributed by atoms with Crippen molar-refractivity contribution in [3.8, 4) is 11.5 Å². The molecule has 0 aliphatic heterocycles. The van der Waals surface area contributed by atoms with Gasteiger partial charge >= 0.3 is 0 Å². The van der Waals surface area contributed by atoms with Crippen molar-refractivity contribution >= 4 is 27.2 Å². The molecule has 0 fully saturated rings. The van der Waals surface area contributed by atoms with Crippen molar-refractivity contribution in [2.75, 3.05) is 0 Å². The van der Waals surface area contributed by atoms with E-state index in [0.717, 1.165) is 15.8 Å². The number of ketones is 1. The normalized spacial score (nSPS) is 10.6. The van der Waals surface area contributed by atoms with E-state index in [0.29, 0.717) is 10.6 Å². The maximum Gasteiger partial charge on any atom is 0.173 e. The molecule has 0 spiro atoms. The summed E-state index contributed by atoms with van der Waals surface area (Å²) in [7, 11) is 0. The lowest BCUT2D eigenvalue weighted by Crippen LogP contribution is -1.92. The Morgan fingerprint density at radius 3 is 2.42 bits per heavy atom. The van der Waals surface area contributed by atoms with Gasteiger partial charge in [-0.3, -0.25) is 4.79 Å². The van der Waals surface area contributed by atoms with Gasteiger partial charge in [-0.15, -0.1) is 11.3 Å². The molecule has 3 heteroatoms. The standard InChI is InChI=1S/C16H12O2S/c1-11(17)16-15(18-12-7-3-2-4-8-12)13-9-5-6-10-14(13)19-16/h2-10H,1H3. The van der Waals surface area contributed by atoms with Crippen molar-refractivity contribution < 1.29 is 9.53 Å². The monoisotopic (exact) mass is 268 g/mol. The van der Waals surface area contributed by atoms with Crippen LogP contribution < -0.4 is 4.74 Å². The SMILES string of the molecule is CC(=O)c1sc2ccccc2c1Oc1ccccc1. The Kier molecular flexibility index (Phi) is 3.05. The fourth-order valence-electron chi connectivity index (χ4n) is 1.96. The molecule has 0 saturated carbocycles. The highest BCUT2D eigenvalue weighted by atomic mass is 32.1. The van der Waals surface area contributed by atoms with Crippen LogP contribution in [0.5, 0.6) is 11.5 Å². The van der Waals surface area contributed by atoms with Crippen LogP contribution in [0.2, 0.25) is 0 Å². The van der Waals surface area contributed by atoms with Crippen molar-refractivity contribution in [1.82, 2.24) is 0 Å². The quantitative estimate of drug-likeness (QED) is 0.632. The van der Waals surface area contributed by atoms with Gasteiger partial charge in [0.25, 0.3) is 0 Å². The lowest BCUT2D eigenvalue weighted by Gasteiger charge is -2.05. The number of hydrogen-bond donors (Lipinski definition) is 0. The molecule has 2 nitrogen and oxygen atoms in total. The fourth-order valence-corrected chi connectivity index (χ4v) is 2.99. The summed E-state index contributed by atoms with van der Waals surface area (Å²) in [5.41, 5.74) is 0. The van der Waals surface area contributed by atoms with E-state index in [-0.39, 0.29) is 5.78 Å². The third kappa shape index (κ3) is 2.25.